The second-order valence-electron chi connectivity index (χ2n) is 4.48. The summed E-state index contributed by atoms with van der Waals surface area (Å²) >= 11 is 5.76. The summed E-state index contributed by atoms with van der Waals surface area (Å²) in [6.45, 7) is 2.55. The molecule has 0 aliphatic rings. The van der Waals surface area contributed by atoms with Crippen LogP contribution in [-0.4, -0.2) is 27.6 Å². The lowest BCUT2D eigenvalue weighted by molar-refractivity contribution is 0.0953. The van der Waals surface area contributed by atoms with Gasteiger partial charge >= 0.3 is 0 Å². The molecule has 4 N–H and O–H groups in total. The average Bonchev–Trinajstić information content (AvgIpc) is 2.79. The lowest BCUT2D eigenvalue weighted by Gasteiger charge is -2.06. The summed E-state index contributed by atoms with van der Waals surface area (Å²) in [7, 11) is 0. The van der Waals surface area contributed by atoms with Gasteiger partial charge in [-0.05, 0) is 37.5 Å². The number of amides is 1. The number of nitrogen functional groups attached to an aromatic ring is 1. The zero-order valence-electron chi connectivity index (χ0n) is 11.1. The number of carbonyl (C=O) groups excluding carboxylic acids is 1. The monoisotopic (exact) mass is 293 g/mol. The second kappa shape index (κ2) is 6.38. The average molecular weight is 294 g/mol. The number of H-pyrrole nitrogens is 1. The lowest BCUT2D eigenvalue weighted by atomic mass is 10.1. The molecule has 0 unspecified atom stereocenters. The molecule has 0 aliphatic heterocycles. The van der Waals surface area contributed by atoms with Crippen LogP contribution in [0.1, 0.15) is 28.0 Å². The highest BCUT2D eigenvalue weighted by atomic mass is 35.5. The maximum absolute atomic E-state index is 11.9. The van der Waals surface area contributed by atoms with Gasteiger partial charge in [-0.25, -0.2) is 4.98 Å². The second-order valence-corrected chi connectivity index (χ2v) is 4.87. The van der Waals surface area contributed by atoms with Crippen LogP contribution >= 0.6 is 11.6 Å². The van der Waals surface area contributed by atoms with E-state index in [0.717, 1.165) is 24.1 Å². The molecule has 2 rings (SSSR count). The van der Waals surface area contributed by atoms with Crippen LogP contribution in [0.15, 0.2) is 18.3 Å². The largest absolute Gasteiger partial charge is 0.384 e. The highest BCUT2D eigenvalue weighted by Crippen LogP contribution is 2.12. The van der Waals surface area contributed by atoms with Crippen LogP contribution in [0.2, 0.25) is 5.15 Å². The van der Waals surface area contributed by atoms with Crippen LogP contribution in [0.5, 0.6) is 0 Å². The number of hydrogen-bond acceptors (Lipinski definition) is 4. The molecule has 0 spiro atoms. The number of nitrogens with zero attached hydrogens (tertiary/aromatic N) is 2. The molecule has 0 aliphatic carbocycles. The molecule has 0 saturated carbocycles. The van der Waals surface area contributed by atoms with Crippen LogP contribution in [0.4, 0.5) is 5.82 Å². The lowest BCUT2D eigenvalue weighted by Crippen LogP contribution is -2.25. The van der Waals surface area contributed by atoms with Gasteiger partial charge in [0.2, 0.25) is 0 Å². The predicted octanol–water partition coefficient (Wildman–Crippen LogP) is 1.71. The molecule has 0 radical (unpaired) electrons. The molecule has 0 aromatic carbocycles. The number of rotatable bonds is 5. The van der Waals surface area contributed by atoms with Crippen LogP contribution in [-0.2, 0) is 6.42 Å². The first-order valence-electron chi connectivity index (χ1n) is 6.26. The standard InChI is InChI=1S/C13H16ClN5O/c1-8-9(7-17-19-8)3-2-4-16-13(20)10-5-11(14)18-12(15)6-10/h5-7H,2-4H2,1H3,(H2,15,18)(H,16,20)(H,17,19). The van der Waals surface area contributed by atoms with E-state index < -0.39 is 0 Å². The molecule has 2 aromatic heterocycles. The smallest absolute Gasteiger partial charge is 0.251 e. The quantitative estimate of drug-likeness (QED) is 0.577. The van der Waals surface area contributed by atoms with Gasteiger partial charge in [-0.1, -0.05) is 11.6 Å². The maximum atomic E-state index is 11.9. The van der Waals surface area contributed by atoms with Crippen molar-refractivity contribution in [1.29, 1.82) is 0 Å². The van der Waals surface area contributed by atoms with Gasteiger partial charge in [0, 0.05) is 17.8 Å². The minimum Gasteiger partial charge on any atom is -0.384 e. The third-order valence-electron chi connectivity index (χ3n) is 2.92. The number of aryl methyl sites for hydroxylation is 2. The number of anilines is 1. The fraction of sp³-hybridized carbons (Fsp3) is 0.308. The number of aromatic amines is 1. The van der Waals surface area contributed by atoms with Crippen molar-refractivity contribution in [3.05, 3.63) is 40.3 Å². The first kappa shape index (κ1) is 14.3. The van der Waals surface area contributed by atoms with E-state index in [9.17, 15) is 4.79 Å². The molecular weight excluding hydrogens is 278 g/mol. The predicted molar refractivity (Wildman–Crippen MR) is 77.6 cm³/mol. The molecule has 20 heavy (non-hydrogen) atoms. The Balaban J connectivity index is 1.82. The molecule has 2 heterocycles. The minimum absolute atomic E-state index is 0.204. The third kappa shape index (κ3) is 3.71. The van der Waals surface area contributed by atoms with E-state index in [1.165, 1.54) is 12.1 Å². The van der Waals surface area contributed by atoms with E-state index in [1.807, 2.05) is 6.92 Å². The van der Waals surface area contributed by atoms with Crippen LogP contribution < -0.4 is 11.1 Å². The Labute approximate surface area is 121 Å². The van der Waals surface area contributed by atoms with E-state index in [-0.39, 0.29) is 16.9 Å². The van der Waals surface area contributed by atoms with Gasteiger partial charge in [-0.2, -0.15) is 5.10 Å². The van der Waals surface area contributed by atoms with Gasteiger partial charge in [0.1, 0.15) is 11.0 Å². The van der Waals surface area contributed by atoms with Gasteiger partial charge in [0.15, 0.2) is 0 Å². The Morgan fingerprint density at radius 2 is 2.30 bits per heavy atom. The summed E-state index contributed by atoms with van der Waals surface area (Å²) in [5.74, 6) is 0.0292. The highest BCUT2D eigenvalue weighted by molar-refractivity contribution is 6.29. The Morgan fingerprint density at radius 1 is 1.50 bits per heavy atom. The molecule has 106 valence electrons. The van der Waals surface area contributed by atoms with Gasteiger partial charge in [0.05, 0.1) is 6.20 Å². The van der Waals surface area contributed by atoms with Crippen molar-refractivity contribution in [3.8, 4) is 0 Å². The zero-order valence-corrected chi connectivity index (χ0v) is 11.9. The number of hydrogen-bond donors (Lipinski definition) is 3. The molecule has 6 nitrogen and oxygen atoms in total. The molecule has 0 atom stereocenters. The summed E-state index contributed by atoms with van der Waals surface area (Å²) in [6.07, 6.45) is 3.50. The van der Waals surface area contributed by atoms with Crippen LogP contribution in [0.25, 0.3) is 0 Å². The van der Waals surface area contributed by atoms with E-state index in [4.69, 9.17) is 17.3 Å². The maximum Gasteiger partial charge on any atom is 0.251 e. The number of aromatic nitrogens is 3. The normalized spacial score (nSPS) is 10.5. The highest BCUT2D eigenvalue weighted by Gasteiger charge is 2.08. The summed E-state index contributed by atoms with van der Waals surface area (Å²) in [4.78, 5) is 15.7. The number of halogens is 1. The molecule has 0 fully saturated rings. The third-order valence-corrected chi connectivity index (χ3v) is 3.11. The van der Waals surface area contributed by atoms with E-state index in [0.29, 0.717) is 12.1 Å². The summed E-state index contributed by atoms with van der Waals surface area (Å²) < 4.78 is 0. The summed E-state index contributed by atoms with van der Waals surface area (Å²) in [5, 5.41) is 9.87. The Morgan fingerprint density at radius 3 is 2.95 bits per heavy atom. The molecule has 7 heteroatoms. The molecule has 0 bridgehead atoms. The molecule has 1 amide bonds. The Hall–Kier alpha value is -2.08. The SMILES string of the molecule is Cc1[nH]ncc1CCCNC(=O)c1cc(N)nc(Cl)c1. The van der Waals surface area contributed by atoms with Crippen molar-refractivity contribution in [2.75, 3.05) is 12.3 Å². The van der Waals surface area contributed by atoms with Crippen molar-refractivity contribution >= 4 is 23.3 Å². The number of nitrogens with one attached hydrogen (secondary N) is 2. The molecule has 0 saturated heterocycles. The van der Waals surface area contributed by atoms with E-state index >= 15 is 0 Å². The molecular formula is C13H16ClN5O. The topological polar surface area (TPSA) is 96.7 Å². The Kier molecular flexibility index (Phi) is 4.57. The van der Waals surface area contributed by atoms with Crippen molar-refractivity contribution < 1.29 is 4.79 Å². The fourth-order valence-corrected chi connectivity index (χ4v) is 2.07. The van der Waals surface area contributed by atoms with Gasteiger partial charge in [-0.3, -0.25) is 9.89 Å². The van der Waals surface area contributed by atoms with Gasteiger partial charge < -0.3 is 11.1 Å². The number of pyridine rings is 1. The number of carbonyl (C=O) groups is 1. The van der Waals surface area contributed by atoms with Crippen molar-refractivity contribution in [2.24, 2.45) is 0 Å². The summed E-state index contributed by atoms with van der Waals surface area (Å²) in [5.41, 5.74) is 8.19. The van der Waals surface area contributed by atoms with Gasteiger partial charge in [0.25, 0.3) is 5.91 Å². The zero-order chi connectivity index (χ0) is 14.5. The molecule has 2 aromatic rings. The minimum atomic E-state index is -0.204. The van der Waals surface area contributed by atoms with Gasteiger partial charge in [-0.15, -0.1) is 0 Å². The first-order valence-corrected chi connectivity index (χ1v) is 6.64. The van der Waals surface area contributed by atoms with E-state index in [1.54, 1.807) is 6.20 Å². The summed E-state index contributed by atoms with van der Waals surface area (Å²) in [6, 6.07) is 2.99. The number of nitrogens with two attached hydrogens (primary N) is 1. The van der Waals surface area contributed by atoms with Crippen molar-refractivity contribution in [2.45, 2.75) is 19.8 Å². The van der Waals surface area contributed by atoms with Crippen molar-refractivity contribution in [1.82, 2.24) is 20.5 Å². The van der Waals surface area contributed by atoms with Crippen molar-refractivity contribution in [3.63, 3.8) is 0 Å². The first-order chi connectivity index (χ1) is 9.56. The van der Waals surface area contributed by atoms with Crippen LogP contribution in [0, 0.1) is 6.92 Å². The van der Waals surface area contributed by atoms with Crippen LogP contribution in [0.3, 0.4) is 0 Å². The fourth-order valence-electron chi connectivity index (χ4n) is 1.86. The van der Waals surface area contributed by atoms with E-state index in [2.05, 4.69) is 20.5 Å². The Bertz CT molecular complexity index is 590.